The van der Waals surface area contributed by atoms with Crippen LogP contribution in [0.15, 0.2) is 73.1 Å². The van der Waals surface area contributed by atoms with Crippen molar-refractivity contribution >= 4 is 30.5 Å². The van der Waals surface area contributed by atoms with E-state index in [4.69, 9.17) is 19.2 Å². The number of rotatable bonds is 10. The largest absolute Gasteiger partial charge is 0.484 e. The Morgan fingerprint density at radius 3 is 2.69 bits per heavy atom. The molecule has 0 radical (unpaired) electrons. The van der Waals surface area contributed by atoms with Crippen LogP contribution >= 0.6 is 13.5 Å². The number of pyridine rings is 2. The lowest BCUT2D eigenvalue weighted by Crippen LogP contribution is -2.31. The third kappa shape index (κ3) is 6.53. The second-order valence-corrected chi connectivity index (χ2v) is 9.92. The van der Waals surface area contributed by atoms with Crippen molar-refractivity contribution in [3.63, 3.8) is 0 Å². The van der Waals surface area contributed by atoms with Crippen LogP contribution in [0, 0.1) is 12.7 Å². The number of aromatic nitrogens is 4. The molecule has 1 fully saturated rings. The van der Waals surface area contributed by atoms with E-state index in [0.717, 1.165) is 41.0 Å². The molecule has 0 saturated carbocycles. The van der Waals surface area contributed by atoms with Gasteiger partial charge in [0.25, 0.3) is 0 Å². The summed E-state index contributed by atoms with van der Waals surface area (Å²) >= 11 is 0. The first-order valence-electron chi connectivity index (χ1n) is 13.2. The number of carbonyl (C=O) groups is 1. The molecule has 1 aliphatic rings. The summed E-state index contributed by atoms with van der Waals surface area (Å²) in [7, 11) is 0. The molecule has 4 heterocycles. The lowest BCUT2D eigenvalue weighted by molar-refractivity contribution is -0.0589. The fourth-order valence-corrected chi connectivity index (χ4v) is 4.63. The molecule has 6 rings (SSSR count). The summed E-state index contributed by atoms with van der Waals surface area (Å²) in [4.78, 5) is 25.1. The molecule has 1 atom stereocenters. The molecule has 9 nitrogen and oxygen atoms in total. The maximum absolute atomic E-state index is 14.1. The molecule has 0 unspecified atom stereocenters. The van der Waals surface area contributed by atoms with Gasteiger partial charge in [0.15, 0.2) is 11.6 Å². The van der Waals surface area contributed by atoms with E-state index in [1.165, 1.54) is 6.07 Å². The molecule has 42 heavy (non-hydrogen) atoms. The Bertz CT molecular complexity index is 1720. The van der Waals surface area contributed by atoms with E-state index in [-0.39, 0.29) is 37.5 Å². The highest BCUT2D eigenvalue weighted by atomic mass is 32.1. The predicted molar refractivity (Wildman–Crippen MR) is 158 cm³/mol. The molecule has 1 N–H and O–H groups in total. The Morgan fingerprint density at radius 1 is 1.12 bits per heavy atom. The zero-order valence-corrected chi connectivity index (χ0v) is 23.8. The highest BCUT2D eigenvalue weighted by molar-refractivity contribution is 7.59. The Balaban J connectivity index is 0.00000353. The van der Waals surface area contributed by atoms with Crippen LogP contribution in [0.1, 0.15) is 39.4 Å². The van der Waals surface area contributed by atoms with Crippen LogP contribution in [0.2, 0.25) is 0 Å². The summed E-state index contributed by atoms with van der Waals surface area (Å²) in [5.74, 6) is 0.501. The number of carboxylic acid groups (broad SMARTS) is 1. The van der Waals surface area contributed by atoms with Gasteiger partial charge in [0, 0.05) is 37.6 Å². The molecular formula is C31H29FN4O5S. The van der Waals surface area contributed by atoms with Gasteiger partial charge in [-0.15, -0.1) is 0 Å². The topological polar surface area (TPSA) is 109 Å². The van der Waals surface area contributed by atoms with Gasteiger partial charge in [-0.3, -0.25) is 4.98 Å². The molecule has 0 amide bonds. The van der Waals surface area contributed by atoms with Gasteiger partial charge in [-0.2, -0.15) is 13.5 Å². The number of fused-ring (bicyclic) bond motifs is 1. The van der Waals surface area contributed by atoms with Crippen molar-refractivity contribution in [1.82, 2.24) is 19.5 Å². The summed E-state index contributed by atoms with van der Waals surface area (Å²) in [5, 5.41) is 9.46. The average molecular weight is 589 g/mol. The minimum Gasteiger partial charge on any atom is -0.484 e. The van der Waals surface area contributed by atoms with Crippen LogP contribution in [-0.2, 0) is 24.3 Å². The highest BCUT2D eigenvalue weighted by Gasteiger charge is 2.22. The third-order valence-electron chi connectivity index (χ3n) is 6.89. The Kier molecular flexibility index (Phi) is 8.69. The van der Waals surface area contributed by atoms with Crippen LogP contribution in [0.3, 0.4) is 0 Å². The van der Waals surface area contributed by atoms with Gasteiger partial charge in [-0.1, -0.05) is 12.1 Å². The molecule has 5 aromatic rings. The van der Waals surface area contributed by atoms with Crippen molar-refractivity contribution in [2.45, 2.75) is 39.0 Å². The van der Waals surface area contributed by atoms with E-state index in [2.05, 4.69) is 9.97 Å². The number of hydrogen-bond donors (Lipinski definition) is 1. The molecule has 0 bridgehead atoms. The van der Waals surface area contributed by atoms with Gasteiger partial charge in [0.05, 0.1) is 34.9 Å². The van der Waals surface area contributed by atoms with Crippen molar-refractivity contribution in [1.29, 1.82) is 0 Å². The van der Waals surface area contributed by atoms with E-state index >= 15 is 0 Å². The highest BCUT2D eigenvalue weighted by Crippen LogP contribution is 2.26. The lowest BCUT2D eigenvalue weighted by atomic mass is 10.1. The van der Waals surface area contributed by atoms with E-state index in [1.54, 1.807) is 60.9 Å². The van der Waals surface area contributed by atoms with Crippen molar-refractivity contribution in [2.75, 3.05) is 6.61 Å². The normalized spacial score (nSPS) is 14.2. The summed E-state index contributed by atoms with van der Waals surface area (Å²) in [5.41, 5.74) is 4.05. The van der Waals surface area contributed by atoms with Crippen LogP contribution < -0.4 is 9.47 Å². The zero-order chi connectivity index (χ0) is 28.3. The third-order valence-corrected chi connectivity index (χ3v) is 6.89. The van der Waals surface area contributed by atoms with E-state index in [0.29, 0.717) is 30.3 Å². The van der Waals surface area contributed by atoms with Gasteiger partial charge < -0.3 is 23.9 Å². The smallest absolute Gasteiger partial charge is 0.335 e. The first-order valence-corrected chi connectivity index (χ1v) is 13.2. The van der Waals surface area contributed by atoms with Crippen LogP contribution in [0.5, 0.6) is 17.4 Å². The lowest BCUT2D eigenvalue weighted by Gasteiger charge is -2.27. The average Bonchev–Trinajstić information content (AvgIpc) is 3.27. The zero-order valence-electron chi connectivity index (χ0n) is 22.8. The molecule has 3 aromatic heterocycles. The minimum absolute atomic E-state index is 0. The van der Waals surface area contributed by atoms with Crippen molar-refractivity contribution in [2.24, 2.45) is 0 Å². The molecule has 216 valence electrons. The van der Waals surface area contributed by atoms with Crippen LogP contribution in [-0.4, -0.2) is 43.3 Å². The number of hydrogen-bond acceptors (Lipinski definition) is 7. The predicted octanol–water partition coefficient (Wildman–Crippen LogP) is 5.84. The number of halogens is 1. The fraction of sp³-hybridized carbons (Fsp3) is 0.226. The first-order chi connectivity index (χ1) is 19.9. The van der Waals surface area contributed by atoms with Crippen molar-refractivity contribution in [3.8, 4) is 17.4 Å². The van der Waals surface area contributed by atoms with Gasteiger partial charge in [0.1, 0.15) is 18.2 Å². The molecule has 1 aliphatic heterocycles. The SMILES string of the molecule is Cc1ccc(OCc2cc(Oc3ccc(Cc4nc5ccc(C(=O)O)cc5n4C[C@@H]4CCO4)cn3)ccn2)c(F)c1.S. The number of aryl methyl sites for hydroxylation is 1. The van der Waals surface area contributed by atoms with E-state index in [9.17, 15) is 14.3 Å². The number of benzene rings is 2. The van der Waals surface area contributed by atoms with Gasteiger partial charge in [-0.05, 0) is 60.9 Å². The second-order valence-electron chi connectivity index (χ2n) is 9.92. The minimum atomic E-state index is -0.977. The molecular weight excluding hydrogens is 559 g/mol. The molecule has 0 aliphatic carbocycles. The van der Waals surface area contributed by atoms with Gasteiger partial charge in [0.2, 0.25) is 5.88 Å². The Hall–Kier alpha value is -4.48. The quantitative estimate of drug-likeness (QED) is 0.217. The monoisotopic (exact) mass is 588 g/mol. The summed E-state index contributed by atoms with van der Waals surface area (Å²) < 4.78 is 33.3. The summed E-state index contributed by atoms with van der Waals surface area (Å²) in [6.45, 7) is 3.24. The number of aromatic carboxylic acids is 1. The van der Waals surface area contributed by atoms with Gasteiger partial charge in [-0.25, -0.2) is 19.2 Å². The number of imidazole rings is 1. The van der Waals surface area contributed by atoms with Crippen LogP contribution in [0.4, 0.5) is 4.39 Å². The van der Waals surface area contributed by atoms with Crippen molar-refractivity contribution < 1.29 is 28.5 Å². The number of ether oxygens (including phenoxy) is 3. The summed E-state index contributed by atoms with van der Waals surface area (Å²) in [6, 6.07) is 16.9. The Labute approximate surface area is 248 Å². The maximum Gasteiger partial charge on any atom is 0.335 e. The fourth-order valence-electron chi connectivity index (χ4n) is 4.63. The second kappa shape index (κ2) is 12.6. The Morgan fingerprint density at radius 2 is 1.98 bits per heavy atom. The summed E-state index contributed by atoms with van der Waals surface area (Å²) in [6.07, 6.45) is 4.87. The molecule has 2 aromatic carbocycles. The number of nitrogens with zero attached hydrogens (tertiary/aromatic N) is 4. The van der Waals surface area contributed by atoms with Crippen molar-refractivity contribution in [3.05, 3.63) is 107 Å². The molecule has 1 saturated heterocycles. The van der Waals surface area contributed by atoms with Gasteiger partial charge >= 0.3 is 5.97 Å². The first kappa shape index (κ1) is 29.0. The van der Waals surface area contributed by atoms with E-state index in [1.807, 2.05) is 17.6 Å². The van der Waals surface area contributed by atoms with E-state index < -0.39 is 11.8 Å². The van der Waals surface area contributed by atoms with Crippen LogP contribution in [0.25, 0.3) is 11.0 Å². The molecule has 11 heteroatoms. The molecule has 0 spiro atoms. The number of carboxylic acids is 1. The maximum atomic E-state index is 14.1. The standard InChI is InChI=1S/C31H27FN4O5.H2S/c1-19-2-6-28(25(32)12-19)40-18-22-15-23(8-10-33-22)41-30-7-3-20(16-34-30)13-29-35-26-5-4-21(31(37)38)14-27(26)36(29)17-24-9-11-39-24;/h2-8,10,12,14-16,24H,9,11,13,17-18H2,1H3,(H,37,38);1H2/t24-;/m0./s1.